The molecule has 0 spiro atoms. The van der Waals surface area contributed by atoms with Crippen LogP contribution in [0.2, 0.25) is 0 Å². The van der Waals surface area contributed by atoms with Gasteiger partial charge in [0.05, 0.1) is 11.4 Å². The second kappa shape index (κ2) is 4.20. The molecular formula is C16H18N4. The van der Waals surface area contributed by atoms with Gasteiger partial charge >= 0.3 is 0 Å². The first-order valence-electron chi connectivity index (χ1n) is 7.30. The lowest BCUT2D eigenvalue weighted by Crippen LogP contribution is -1.97. The zero-order valence-corrected chi connectivity index (χ0v) is 11.9. The minimum atomic E-state index is 0.976. The lowest BCUT2D eigenvalue weighted by molar-refractivity contribution is 0.754. The molecule has 0 aromatic carbocycles. The summed E-state index contributed by atoms with van der Waals surface area (Å²) in [5.41, 5.74) is 5.85. The fraction of sp³-hybridized carbons (Fsp3) is 0.375. The Morgan fingerprint density at radius 1 is 1.40 bits per heavy atom. The Kier molecular flexibility index (Phi) is 2.46. The van der Waals surface area contributed by atoms with E-state index in [0.29, 0.717) is 0 Å². The zero-order valence-electron chi connectivity index (χ0n) is 11.9. The summed E-state index contributed by atoms with van der Waals surface area (Å²) < 4.78 is 2.36. The molecule has 4 rings (SSSR count). The van der Waals surface area contributed by atoms with Crippen LogP contribution >= 0.6 is 0 Å². The van der Waals surface area contributed by atoms with Crippen LogP contribution in [0.1, 0.15) is 30.4 Å². The molecule has 0 radical (unpaired) electrons. The van der Waals surface area contributed by atoms with Crippen molar-refractivity contribution in [3.63, 3.8) is 0 Å². The standard InChI is InChI=1S/C16H18N4/c1-3-11-8-17-16-13(11)7-12(9-18-16)15-10(2)19-14-5-4-6-20(14)15/h7-9H,3-6H2,1-2H3,(H,17,18). The molecule has 1 aliphatic rings. The fourth-order valence-electron chi connectivity index (χ4n) is 3.30. The van der Waals surface area contributed by atoms with E-state index in [9.17, 15) is 0 Å². The van der Waals surface area contributed by atoms with Crippen molar-refractivity contribution in [3.05, 3.63) is 35.5 Å². The highest BCUT2D eigenvalue weighted by Crippen LogP contribution is 2.31. The van der Waals surface area contributed by atoms with Crippen molar-refractivity contribution >= 4 is 11.0 Å². The summed E-state index contributed by atoms with van der Waals surface area (Å²) in [6.45, 7) is 5.36. The number of nitrogens with one attached hydrogen (secondary N) is 1. The van der Waals surface area contributed by atoms with Gasteiger partial charge in [0.25, 0.3) is 0 Å². The van der Waals surface area contributed by atoms with Crippen LogP contribution in [-0.2, 0) is 19.4 Å². The molecule has 3 aromatic heterocycles. The average Bonchev–Trinajstić information content (AvgIpc) is 3.11. The van der Waals surface area contributed by atoms with Gasteiger partial charge in [-0.15, -0.1) is 0 Å². The van der Waals surface area contributed by atoms with Gasteiger partial charge < -0.3 is 9.55 Å². The molecule has 0 saturated carbocycles. The second-order valence-electron chi connectivity index (χ2n) is 5.50. The van der Waals surface area contributed by atoms with E-state index in [0.717, 1.165) is 30.7 Å². The number of rotatable bonds is 2. The SMILES string of the molecule is CCc1c[nH]c2ncc(-c3c(C)nc4n3CCC4)cc12. The van der Waals surface area contributed by atoms with E-state index < -0.39 is 0 Å². The maximum absolute atomic E-state index is 4.71. The minimum Gasteiger partial charge on any atom is -0.346 e. The predicted octanol–water partition coefficient (Wildman–Crippen LogP) is 3.24. The third-order valence-corrected chi connectivity index (χ3v) is 4.27. The van der Waals surface area contributed by atoms with Gasteiger partial charge in [0, 0.05) is 36.3 Å². The maximum Gasteiger partial charge on any atom is 0.137 e. The maximum atomic E-state index is 4.71. The van der Waals surface area contributed by atoms with Crippen LogP contribution in [0.4, 0.5) is 0 Å². The number of nitrogens with zero attached hydrogens (tertiary/aromatic N) is 3. The fourth-order valence-corrected chi connectivity index (χ4v) is 3.30. The van der Waals surface area contributed by atoms with E-state index in [-0.39, 0.29) is 0 Å². The van der Waals surface area contributed by atoms with Crippen molar-refractivity contribution in [1.82, 2.24) is 19.5 Å². The van der Waals surface area contributed by atoms with Gasteiger partial charge in [-0.3, -0.25) is 0 Å². The Labute approximate surface area is 117 Å². The molecular weight excluding hydrogens is 248 g/mol. The van der Waals surface area contributed by atoms with Gasteiger partial charge in [0.15, 0.2) is 0 Å². The summed E-state index contributed by atoms with van der Waals surface area (Å²) in [6, 6.07) is 2.26. The zero-order chi connectivity index (χ0) is 13.7. The summed E-state index contributed by atoms with van der Waals surface area (Å²) in [6.07, 6.45) is 7.36. The molecule has 102 valence electrons. The largest absolute Gasteiger partial charge is 0.346 e. The van der Waals surface area contributed by atoms with Crippen molar-refractivity contribution in [1.29, 1.82) is 0 Å². The van der Waals surface area contributed by atoms with E-state index in [4.69, 9.17) is 4.98 Å². The average molecular weight is 266 g/mol. The highest BCUT2D eigenvalue weighted by molar-refractivity contribution is 5.84. The Morgan fingerprint density at radius 3 is 3.15 bits per heavy atom. The van der Waals surface area contributed by atoms with Crippen LogP contribution in [0.3, 0.4) is 0 Å². The van der Waals surface area contributed by atoms with Gasteiger partial charge in [-0.2, -0.15) is 0 Å². The smallest absolute Gasteiger partial charge is 0.137 e. The Bertz CT molecular complexity index is 794. The molecule has 20 heavy (non-hydrogen) atoms. The number of H-pyrrole nitrogens is 1. The van der Waals surface area contributed by atoms with Crippen LogP contribution < -0.4 is 0 Å². The van der Waals surface area contributed by atoms with Crippen LogP contribution in [-0.4, -0.2) is 19.5 Å². The lowest BCUT2D eigenvalue weighted by atomic mass is 10.1. The van der Waals surface area contributed by atoms with Gasteiger partial charge in [-0.1, -0.05) is 6.92 Å². The van der Waals surface area contributed by atoms with Crippen molar-refractivity contribution in [2.75, 3.05) is 0 Å². The number of hydrogen-bond acceptors (Lipinski definition) is 2. The summed E-state index contributed by atoms with van der Waals surface area (Å²) in [7, 11) is 0. The van der Waals surface area contributed by atoms with Crippen LogP contribution in [0.15, 0.2) is 18.5 Å². The molecule has 0 unspecified atom stereocenters. The number of aryl methyl sites for hydroxylation is 3. The second-order valence-corrected chi connectivity index (χ2v) is 5.50. The number of aromatic amines is 1. The number of pyridine rings is 1. The number of hydrogen-bond donors (Lipinski definition) is 1. The minimum absolute atomic E-state index is 0.976. The van der Waals surface area contributed by atoms with Gasteiger partial charge in [-0.25, -0.2) is 9.97 Å². The van der Waals surface area contributed by atoms with Crippen LogP contribution in [0.25, 0.3) is 22.3 Å². The van der Waals surface area contributed by atoms with E-state index in [2.05, 4.69) is 40.6 Å². The number of fused-ring (bicyclic) bond motifs is 2. The Hall–Kier alpha value is -2.10. The molecule has 0 bridgehead atoms. The van der Waals surface area contributed by atoms with Crippen LogP contribution in [0, 0.1) is 6.92 Å². The van der Waals surface area contributed by atoms with Crippen molar-refractivity contribution < 1.29 is 0 Å². The Morgan fingerprint density at radius 2 is 2.30 bits per heavy atom. The monoisotopic (exact) mass is 266 g/mol. The third-order valence-electron chi connectivity index (χ3n) is 4.27. The third kappa shape index (κ3) is 1.54. The van der Waals surface area contributed by atoms with Gasteiger partial charge in [-0.05, 0) is 31.4 Å². The van der Waals surface area contributed by atoms with E-state index >= 15 is 0 Å². The van der Waals surface area contributed by atoms with E-state index in [1.165, 1.54) is 34.5 Å². The first kappa shape index (κ1) is 11.7. The first-order valence-corrected chi connectivity index (χ1v) is 7.30. The molecule has 0 aliphatic carbocycles. The molecule has 0 saturated heterocycles. The molecule has 1 aliphatic heterocycles. The number of imidazole rings is 1. The summed E-state index contributed by atoms with van der Waals surface area (Å²) >= 11 is 0. The van der Waals surface area contributed by atoms with Crippen LogP contribution in [0.5, 0.6) is 0 Å². The molecule has 4 heterocycles. The topological polar surface area (TPSA) is 46.5 Å². The molecule has 0 amide bonds. The molecule has 3 aromatic rings. The number of aromatic nitrogens is 4. The molecule has 0 atom stereocenters. The van der Waals surface area contributed by atoms with Crippen molar-refractivity contribution in [2.24, 2.45) is 0 Å². The van der Waals surface area contributed by atoms with E-state index in [1.807, 2.05) is 6.20 Å². The van der Waals surface area contributed by atoms with Gasteiger partial charge in [0.1, 0.15) is 11.5 Å². The lowest BCUT2D eigenvalue weighted by Gasteiger charge is -2.07. The normalized spacial score (nSPS) is 14.1. The highest BCUT2D eigenvalue weighted by Gasteiger charge is 2.20. The Balaban J connectivity index is 1.94. The highest BCUT2D eigenvalue weighted by atomic mass is 15.1. The predicted molar refractivity (Wildman–Crippen MR) is 79.8 cm³/mol. The van der Waals surface area contributed by atoms with E-state index in [1.54, 1.807) is 0 Å². The first-order chi connectivity index (χ1) is 9.78. The van der Waals surface area contributed by atoms with Gasteiger partial charge in [0.2, 0.25) is 0 Å². The molecule has 0 fully saturated rings. The summed E-state index contributed by atoms with van der Waals surface area (Å²) in [5.74, 6) is 1.22. The molecule has 4 heteroatoms. The summed E-state index contributed by atoms with van der Waals surface area (Å²) in [5, 5.41) is 1.23. The quantitative estimate of drug-likeness (QED) is 0.774. The molecule has 1 N–H and O–H groups in total. The molecule has 4 nitrogen and oxygen atoms in total. The van der Waals surface area contributed by atoms with Crippen molar-refractivity contribution in [2.45, 2.75) is 39.7 Å². The van der Waals surface area contributed by atoms with Crippen molar-refractivity contribution in [3.8, 4) is 11.3 Å². The summed E-state index contributed by atoms with van der Waals surface area (Å²) in [4.78, 5) is 12.5.